The predicted molar refractivity (Wildman–Crippen MR) is 80.3 cm³/mol. The third-order valence-electron chi connectivity index (χ3n) is 3.29. The molecule has 1 aromatic heterocycles. The third-order valence-corrected chi connectivity index (χ3v) is 3.29. The van der Waals surface area contributed by atoms with Gasteiger partial charge in [-0.2, -0.15) is 5.10 Å². The number of hydrogen-bond acceptors (Lipinski definition) is 5. The molecule has 1 aromatic carbocycles. The summed E-state index contributed by atoms with van der Waals surface area (Å²) < 4.78 is 6.23. The van der Waals surface area contributed by atoms with Gasteiger partial charge in [-0.25, -0.2) is 9.48 Å². The lowest BCUT2D eigenvalue weighted by molar-refractivity contribution is -0.384. The van der Waals surface area contributed by atoms with Gasteiger partial charge in [0.1, 0.15) is 0 Å². The fraction of sp³-hybridized carbons (Fsp3) is 0.333. The number of carbonyl (C=O) groups is 1. The lowest BCUT2D eigenvalue weighted by Crippen LogP contribution is -2.11. The Balaban J connectivity index is 2.57. The number of aromatic nitrogens is 2. The molecule has 7 heteroatoms. The standard InChI is InChI=1S/C15H17N3O4/c1-15(2,3)10-8-16-17(9-10)13-6-5-11(18(20)21)7-12(13)14(19)22-4/h5-9H,1-4H3. The zero-order valence-electron chi connectivity index (χ0n) is 12.9. The molecule has 0 fully saturated rings. The van der Waals surface area contributed by atoms with Gasteiger partial charge in [0.15, 0.2) is 0 Å². The Morgan fingerprint density at radius 1 is 1.36 bits per heavy atom. The molecular formula is C15H17N3O4. The van der Waals surface area contributed by atoms with Crippen LogP contribution in [0.2, 0.25) is 0 Å². The predicted octanol–water partition coefficient (Wildman–Crippen LogP) is 2.86. The average Bonchev–Trinajstić information content (AvgIpc) is 2.95. The molecule has 22 heavy (non-hydrogen) atoms. The lowest BCUT2D eigenvalue weighted by atomic mass is 9.90. The summed E-state index contributed by atoms with van der Waals surface area (Å²) in [4.78, 5) is 22.2. The van der Waals surface area contributed by atoms with E-state index < -0.39 is 10.9 Å². The summed E-state index contributed by atoms with van der Waals surface area (Å²) in [5.41, 5.74) is 1.26. The second-order valence-corrected chi connectivity index (χ2v) is 5.87. The van der Waals surface area contributed by atoms with Crippen LogP contribution in [0.4, 0.5) is 5.69 Å². The highest BCUT2D eigenvalue weighted by Crippen LogP contribution is 2.25. The topological polar surface area (TPSA) is 87.3 Å². The van der Waals surface area contributed by atoms with E-state index in [-0.39, 0.29) is 16.7 Å². The lowest BCUT2D eigenvalue weighted by Gasteiger charge is -2.15. The molecule has 2 rings (SSSR count). The molecule has 0 atom stereocenters. The van der Waals surface area contributed by atoms with E-state index in [1.165, 1.54) is 30.0 Å². The Morgan fingerprint density at radius 3 is 2.55 bits per heavy atom. The van der Waals surface area contributed by atoms with Crippen molar-refractivity contribution in [2.75, 3.05) is 7.11 Å². The third kappa shape index (κ3) is 2.98. The number of nitro groups is 1. The highest BCUT2D eigenvalue weighted by molar-refractivity contribution is 5.94. The summed E-state index contributed by atoms with van der Waals surface area (Å²) in [5.74, 6) is -0.647. The van der Waals surface area contributed by atoms with Gasteiger partial charge in [-0.05, 0) is 17.0 Å². The zero-order valence-corrected chi connectivity index (χ0v) is 12.9. The molecule has 0 unspecified atom stereocenters. The molecule has 2 aromatic rings. The smallest absolute Gasteiger partial charge is 0.340 e. The quantitative estimate of drug-likeness (QED) is 0.494. The summed E-state index contributed by atoms with van der Waals surface area (Å²) in [5, 5.41) is 15.1. The summed E-state index contributed by atoms with van der Waals surface area (Å²) in [6.45, 7) is 6.14. The van der Waals surface area contributed by atoms with Gasteiger partial charge in [-0.1, -0.05) is 20.8 Å². The summed E-state index contributed by atoms with van der Waals surface area (Å²) in [6, 6.07) is 4.02. The molecule has 7 nitrogen and oxygen atoms in total. The zero-order chi connectivity index (χ0) is 16.5. The maximum absolute atomic E-state index is 11.9. The Kier molecular flexibility index (Phi) is 3.99. The van der Waals surface area contributed by atoms with E-state index >= 15 is 0 Å². The SMILES string of the molecule is COC(=O)c1cc([N+](=O)[O-])ccc1-n1cc(C(C)(C)C)cn1. The fourth-order valence-corrected chi connectivity index (χ4v) is 1.95. The van der Waals surface area contributed by atoms with Crippen LogP contribution in [0, 0.1) is 10.1 Å². The number of nitrogens with zero attached hydrogens (tertiary/aromatic N) is 3. The minimum atomic E-state index is -0.647. The highest BCUT2D eigenvalue weighted by atomic mass is 16.6. The summed E-state index contributed by atoms with van der Waals surface area (Å²) in [7, 11) is 1.23. The van der Waals surface area contributed by atoms with Crippen molar-refractivity contribution in [2.45, 2.75) is 26.2 Å². The van der Waals surface area contributed by atoms with Crippen molar-refractivity contribution >= 4 is 11.7 Å². The first-order chi connectivity index (χ1) is 10.2. The van der Waals surface area contributed by atoms with E-state index in [1.54, 1.807) is 12.4 Å². The first-order valence-corrected chi connectivity index (χ1v) is 6.66. The van der Waals surface area contributed by atoms with E-state index in [4.69, 9.17) is 4.74 Å². The van der Waals surface area contributed by atoms with Crippen LogP contribution >= 0.6 is 0 Å². The van der Waals surface area contributed by atoms with Crippen molar-refractivity contribution in [3.05, 3.63) is 51.8 Å². The molecule has 0 N–H and O–H groups in total. The number of nitro benzene ring substituents is 1. The average molecular weight is 303 g/mol. The number of carbonyl (C=O) groups excluding carboxylic acids is 1. The van der Waals surface area contributed by atoms with Gasteiger partial charge >= 0.3 is 5.97 Å². The molecule has 0 saturated heterocycles. The van der Waals surface area contributed by atoms with Gasteiger partial charge in [-0.3, -0.25) is 10.1 Å². The maximum Gasteiger partial charge on any atom is 0.340 e. The first-order valence-electron chi connectivity index (χ1n) is 6.66. The fourth-order valence-electron chi connectivity index (χ4n) is 1.95. The molecule has 0 spiro atoms. The highest BCUT2D eigenvalue weighted by Gasteiger charge is 2.21. The second kappa shape index (κ2) is 5.59. The number of rotatable bonds is 3. The van der Waals surface area contributed by atoms with Gasteiger partial charge in [0.05, 0.1) is 29.5 Å². The van der Waals surface area contributed by atoms with Crippen molar-refractivity contribution in [2.24, 2.45) is 0 Å². The van der Waals surface area contributed by atoms with Crippen molar-refractivity contribution in [1.29, 1.82) is 0 Å². The Labute approximate surface area is 127 Å². The second-order valence-electron chi connectivity index (χ2n) is 5.87. The molecule has 0 aliphatic carbocycles. The van der Waals surface area contributed by atoms with E-state index in [2.05, 4.69) is 5.10 Å². The van der Waals surface area contributed by atoms with E-state index in [0.29, 0.717) is 5.69 Å². The summed E-state index contributed by atoms with van der Waals surface area (Å²) in [6.07, 6.45) is 3.51. The van der Waals surface area contributed by atoms with Crippen LogP contribution in [0.1, 0.15) is 36.7 Å². The molecule has 0 amide bonds. The maximum atomic E-state index is 11.9. The van der Waals surface area contributed by atoms with Gasteiger partial charge < -0.3 is 4.74 Å². The van der Waals surface area contributed by atoms with Crippen LogP contribution in [0.25, 0.3) is 5.69 Å². The Hall–Kier alpha value is -2.70. The molecular weight excluding hydrogens is 286 g/mol. The van der Waals surface area contributed by atoms with Crippen LogP contribution in [0.3, 0.4) is 0 Å². The van der Waals surface area contributed by atoms with Gasteiger partial charge in [-0.15, -0.1) is 0 Å². The first kappa shape index (κ1) is 15.7. The van der Waals surface area contributed by atoms with Crippen LogP contribution in [0.15, 0.2) is 30.6 Å². The Morgan fingerprint density at radius 2 is 2.05 bits per heavy atom. The minimum absolute atomic E-state index is 0.0928. The number of benzene rings is 1. The molecule has 116 valence electrons. The molecule has 0 aliphatic heterocycles. The van der Waals surface area contributed by atoms with Gasteiger partial charge in [0.25, 0.3) is 5.69 Å². The number of ether oxygens (including phenoxy) is 1. The minimum Gasteiger partial charge on any atom is -0.465 e. The van der Waals surface area contributed by atoms with Crippen LogP contribution in [0.5, 0.6) is 0 Å². The van der Waals surface area contributed by atoms with E-state index in [1.807, 2.05) is 20.8 Å². The number of hydrogen-bond donors (Lipinski definition) is 0. The van der Waals surface area contributed by atoms with Crippen LogP contribution < -0.4 is 0 Å². The van der Waals surface area contributed by atoms with E-state index in [0.717, 1.165) is 5.56 Å². The molecule has 0 saturated carbocycles. The Bertz CT molecular complexity index is 729. The number of methoxy groups -OCH3 is 1. The van der Waals surface area contributed by atoms with Crippen molar-refractivity contribution in [3.63, 3.8) is 0 Å². The molecule has 0 radical (unpaired) electrons. The molecule has 0 aliphatic rings. The largest absolute Gasteiger partial charge is 0.465 e. The van der Waals surface area contributed by atoms with E-state index in [9.17, 15) is 14.9 Å². The molecule has 0 bridgehead atoms. The van der Waals surface area contributed by atoms with Crippen molar-refractivity contribution < 1.29 is 14.5 Å². The monoisotopic (exact) mass is 303 g/mol. The molecule has 1 heterocycles. The van der Waals surface area contributed by atoms with Crippen LogP contribution in [-0.4, -0.2) is 27.8 Å². The van der Waals surface area contributed by atoms with Gasteiger partial charge in [0.2, 0.25) is 0 Å². The summed E-state index contributed by atoms with van der Waals surface area (Å²) >= 11 is 0. The number of esters is 1. The normalized spacial score (nSPS) is 11.3. The van der Waals surface area contributed by atoms with Crippen molar-refractivity contribution in [1.82, 2.24) is 9.78 Å². The van der Waals surface area contributed by atoms with Crippen LogP contribution in [-0.2, 0) is 10.2 Å². The van der Waals surface area contributed by atoms with Crippen molar-refractivity contribution in [3.8, 4) is 5.69 Å². The van der Waals surface area contributed by atoms with Gasteiger partial charge in [0, 0.05) is 18.3 Å². The number of non-ortho nitro benzene ring substituents is 1.